The molecule has 0 saturated carbocycles. The summed E-state index contributed by atoms with van der Waals surface area (Å²) in [5.74, 6) is -2.01. The van der Waals surface area contributed by atoms with Crippen LogP contribution < -0.4 is 11.5 Å². The number of guanidine groups is 1. The van der Waals surface area contributed by atoms with E-state index in [1.165, 1.54) is 12.1 Å². The highest BCUT2D eigenvalue weighted by molar-refractivity contribution is 6.02. The maximum absolute atomic E-state index is 12.0. The number of benzene rings is 1. The predicted octanol–water partition coefficient (Wildman–Crippen LogP) is 0.989. The molecule has 0 fully saturated rings. The zero-order chi connectivity index (χ0) is 16.1. The summed E-state index contributed by atoms with van der Waals surface area (Å²) in [5.41, 5.74) is 11.9. The molecule has 1 aromatic carbocycles. The summed E-state index contributed by atoms with van der Waals surface area (Å²) in [5, 5.41) is 8.71. The monoisotopic (exact) mass is 298 g/mol. The highest BCUT2D eigenvalue weighted by Gasteiger charge is 2.08. The van der Waals surface area contributed by atoms with Gasteiger partial charge < -0.3 is 21.1 Å². The van der Waals surface area contributed by atoms with Crippen molar-refractivity contribution in [2.24, 2.45) is 16.5 Å². The van der Waals surface area contributed by atoms with Gasteiger partial charge in [0.15, 0.2) is 5.96 Å². The molecule has 7 heteroatoms. The van der Waals surface area contributed by atoms with Gasteiger partial charge in [0.25, 0.3) is 5.91 Å². The zero-order valence-electron chi connectivity index (χ0n) is 11.5. The van der Waals surface area contributed by atoms with Gasteiger partial charge in [-0.1, -0.05) is 0 Å². The highest BCUT2D eigenvalue weighted by Crippen LogP contribution is 2.17. The van der Waals surface area contributed by atoms with E-state index in [-0.39, 0.29) is 11.5 Å². The molecule has 0 bridgehead atoms. The minimum Gasteiger partial charge on any atom is -0.478 e. The lowest BCUT2D eigenvalue weighted by Gasteiger charge is -2.07. The van der Waals surface area contributed by atoms with Gasteiger partial charge in [0.05, 0.1) is 0 Å². The first-order valence-electron chi connectivity index (χ1n) is 6.29. The average molecular weight is 298 g/mol. The first kappa shape index (κ1) is 15.0. The van der Waals surface area contributed by atoms with E-state index in [1.807, 2.05) is 12.1 Å². The van der Waals surface area contributed by atoms with E-state index >= 15 is 0 Å². The van der Waals surface area contributed by atoms with E-state index in [2.05, 4.69) is 4.99 Å². The standard InChI is InChI=1S/C15H14N4O3/c16-15(17)18-14(22)11-7-10(3-4-13(20)21)8-12(9-11)19-5-1-2-6-19/h1-9H,(H,20,21)(H4,16,17,18,22)/b4-3+. The first-order chi connectivity index (χ1) is 10.5. The van der Waals surface area contributed by atoms with Crippen LogP contribution in [0.25, 0.3) is 11.8 Å². The Morgan fingerprint density at radius 1 is 1.14 bits per heavy atom. The van der Waals surface area contributed by atoms with Crippen molar-refractivity contribution < 1.29 is 14.7 Å². The van der Waals surface area contributed by atoms with E-state index in [0.717, 1.165) is 6.08 Å². The lowest BCUT2D eigenvalue weighted by molar-refractivity contribution is -0.131. The van der Waals surface area contributed by atoms with Crippen molar-refractivity contribution in [3.8, 4) is 5.69 Å². The zero-order valence-corrected chi connectivity index (χ0v) is 11.5. The van der Waals surface area contributed by atoms with Crippen molar-refractivity contribution >= 4 is 23.9 Å². The van der Waals surface area contributed by atoms with Gasteiger partial charge in [-0.3, -0.25) is 4.79 Å². The van der Waals surface area contributed by atoms with Crippen molar-refractivity contribution in [1.29, 1.82) is 0 Å². The Morgan fingerprint density at radius 3 is 2.41 bits per heavy atom. The van der Waals surface area contributed by atoms with E-state index < -0.39 is 11.9 Å². The van der Waals surface area contributed by atoms with E-state index in [0.29, 0.717) is 11.3 Å². The molecule has 0 aliphatic carbocycles. The number of carbonyl (C=O) groups is 2. The van der Waals surface area contributed by atoms with Crippen molar-refractivity contribution in [3.63, 3.8) is 0 Å². The van der Waals surface area contributed by atoms with Crippen LogP contribution in [0.15, 0.2) is 53.8 Å². The molecule has 0 aliphatic heterocycles. The molecule has 0 saturated heterocycles. The van der Waals surface area contributed by atoms with Gasteiger partial charge in [-0.05, 0) is 42.0 Å². The quantitative estimate of drug-likeness (QED) is 0.441. The molecular formula is C15H14N4O3. The van der Waals surface area contributed by atoms with Crippen LogP contribution in [0, 0.1) is 0 Å². The SMILES string of the molecule is NC(N)=NC(=O)c1cc(/C=C/C(=O)O)cc(-n2cccc2)c1. The number of hydrogen-bond donors (Lipinski definition) is 3. The molecule has 112 valence electrons. The van der Waals surface area contributed by atoms with E-state index in [9.17, 15) is 9.59 Å². The van der Waals surface area contributed by atoms with Crippen LogP contribution in [-0.4, -0.2) is 27.5 Å². The summed E-state index contributed by atoms with van der Waals surface area (Å²) in [6, 6.07) is 8.54. The normalized spacial score (nSPS) is 10.5. The number of nitrogens with zero attached hydrogens (tertiary/aromatic N) is 2. The largest absolute Gasteiger partial charge is 0.478 e. The van der Waals surface area contributed by atoms with E-state index in [4.69, 9.17) is 16.6 Å². The lowest BCUT2D eigenvalue weighted by atomic mass is 10.1. The molecule has 1 aromatic heterocycles. The minimum atomic E-state index is -1.08. The van der Waals surface area contributed by atoms with Crippen LogP contribution in [0.3, 0.4) is 0 Å². The van der Waals surface area contributed by atoms with Crippen LogP contribution in [0.5, 0.6) is 0 Å². The van der Waals surface area contributed by atoms with Crippen LogP contribution in [0.1, 0.15) is 15.9 Å². The van der Waals surface area contributed by atoms with E-state index in [1.54, 1.807) is 29.1 Å². The van der Waals surface area contributed by atoms with Gasteiger partial charge in [0, 0.05) is 29.7 Å². The summed E-state index contributed by atoms with van der Waals surface area (Å²) in [4.78, 5) is 26.1. The maximum Gasteiger partial charge on any atom is 0.328 e. The Labute approximate surface area is 126 Å². The van der Waals surface area contributed by atoms with Crippen molar-refractivity contribution in [3.05, 3.63) is 59.9 Å². The molecule has 22 heavy (non-hydrogen) atoms. The molecule has 0 unspecified atom stereocenters. The number of rotatable bonds is 4. The second-order valence-corrected chi connectivity index (χ2v) is 4.42. The van der Waals surface area contributed by atoms with Gasteiger partial charge in [-0.2, -0.15) is 4.99 Å². The number of aromatic nitrogens is 1. The Balaban J connectivity index is 2.51. The molecular weight excluding hydrogens is 284 g/mol. The van der Waals surface area contributed by atoms with Crippen LogP contribution in [0.4, 0.5) is 0 Å². The third-order valence-corrected chi connectivity index (χ3v) is 2.74. The van der Waals surface area contributed by atoms with Gasteiger partial charge in [0.2, 0.25) is 0 Å². The van der Waals surface area contributed by atoms with Crippen LogP contribution in [0.2, 0.25) is 0 Å². The molecule has 1 amide bonds. The molecule has 5 N–H and O–H groups in total. The fraction of sp³-hybridized carbons (Fsp3) is 0. The van der Waals surface area contributed by atoms with Gasteiger partial charge in [-0.25, -0.2) is 4.79 Å². The van der Waals surface area contributed by atoms with Gasteiger partial charge in [0.1, 0.15) is 0 Å². The number of hydrogen-bond acceptors (Lipinski definition) is 2. The number of carboxylic acid groups (broad SMARTS) is 1. The molecule has 0 radical (unpaired) electrons. The number of nitrogens with two attached hydrogens (primary N) is 2. The Bertz CT molecular complexity index is 757. The Morgan fingerprint density at radius 2 is 1.82 bits per heavy atom. The van der Waals surface area contributed by atoms with Crippen LogP contribution in [-0.2, 0) is 4.79 Å². The number of amides is 1. The Hall–Kier alpha value is -3.35. The molecule has 2 rings (SSSR count). The smallest absolute Gasteiger partial charge is 0.328 e. The summed E-state index contributed by atoms with van der Waals surface area (Å²) >= 11 is 0. The molecule has 2 aromatic rings. The van der Waals surface area contributed by atoms with Crippen LogP contribution >= 0.6 is 0 Å². The number of carbonyl (C=O) groups excluding carboxylic acids is 1. The number of aliphatic carboxylic acids is 1. The number of aliphatic imine (C=N–C) groups is 1. The first-order valence-corrected chi connectivity index (χ1v) is 6.29. The lowest BCUT2D eigenvalue weighted by Crippen LogP contribution is -2.24. The molecule has 0 spiro atoms. The average Bonchev–Trinajstić information content (AvgIpc) is 2.98. The topological polar surface area (TPSA) is 124 Å². The van der Waals surface area contributed by atoms with Gasteiger partial charge in [-0.15, -0.1) is 0 Å². The summed E-state index contributed by atoms with van der Waals surface area (Å²) in [7, 11) is 0. The highest BCUT2D eigenvalue weighted by atomic mass is 16.4. The second-order valence-electron chi connectivity index (χ2n) is 4.42. The maximum atomic E-state index is 12.0. The van der Waals surface area contributed by atoms with Crippen molar-refractivity contribution in [1.82, 2.24) is 4.57 Å². The fourth-order valence-electron chi connectivity index (χ4n) is 1.86. The summed E-state index contributed by atoms with van der Waals surface area (Å²) in [6.45, 7) is 0. The summed E-state index contributed by atoms with van der Waals surface area (Å²) in [6.07, 6.45) is 5.98. The third-order valence-electron chi connectivity index (χ3n) is 2.74. The third kappa shape index (κ3) is 3.83. The number of carboxylic acids is 1. The summed E-state index contributed by atoms with van der Waals surface area (Å²) < 4.78 is 1.78. The fourth-order valence-corrected chi connectivity index (χ4v) is 1.86. The Kier molecular flexibility index (Phi) is 4.38. The second kappa shape index (κ2) is 6.40. The molecule has 0 atom stereocenters. The van der Waals surface area contributed by atoms with Gasteiger partial charge >= 0.3 is 5.97 Å². The minimum absolute atomic E-state index is 0.254. The van der Waals surface area contributed by atoms with Crippen molar-refractivity contribution in [2.75, 3.05) is 0 Å². The predicted molar refractivity (Wildman–Crippen MR) is 82.6 cm³/mol. The molecule has 1 heterocycles. The molecule has 7 nitrogen and oxygen atoms in total. The van der Waals surface area contributed by atoms with Crippen molar-refractivity contribution in [2.45, 2.75) is 0 Å². The molecule has 0 aliphatic rings.